The Hall–Kier alpha value is -2.09. The number of piperazine rings is 1. The molecule has 35 heavy (non-hydrogen) atoms. The Morgan fingerprint density at radius 1 is 1.11 bits per heavy atom. The van der Waals surface area contributed by atoms with Crippen LogP contribution in [0.25, 0.3) is 0 Å². The van der Waals surface area contributed by atoms with Gasteiger partial charge in [0.2, 0.25) is 26.1 Å². The van der Waals surface area contributed by atoms with E-state index in [0.717, 1.165) is 25.7 Å². The number of hydrogen-bond donors (Lipinski definition) is 1. The number of amides is 1. The number of rotatable bonds is 7. The first kappa shape index (κ1) is 26.0. The van der Waals surface area contributed by atoms with Gasteiger partial charge >= 0.3 is 6.18 Å². The Bertz CT molecular complexity index is 1120. The molecule has 0 spiro atoms. The van der Waals surface area contributed by atoms with Crippen molar-refractivity contribution in [2.45, 2.75) is 49.1 Å². The zero-order valence-corrected chi connectivity index (χ0v) is 20.9. The highest BCUT2D eigenvalue weighted by molar-refractivity contribution is 7.89. The number of likely N-dealkylation sites (N-methyl/N-ethyl adjacent to an activating group) is 1. The summed E-state index contributed by atoms with van der Waals surface area (Å²) in [5.41, 5.74) is 0.618. The van der Waals surface area contributed by atoms with E-state index in [2.05, 4.69) is 20.4 Å². The van der Waals surface area contributed by atoms with Crippen LogP contribution >= 0.6 is 11.3 Å². The van der Waals surface area contributed by atoms with Gasteiger partial charge in [-0.2, -0.15) is 17.5 Å². The number of hydrogen-bond acceptors (Lipinski definition) is 7. The zero-order valence-electron chi connectivity index (χ0n) is 19.3. The molecule has 2 heterocycles. The molecule has 1 saturated carbocycles. The molecule has 1 saturated heterocycles. The standard InChI is InChI=1S/C22H28F3N5O3S2/c1-29-10-12-30(13-11-29)35(32,33)17-8-6-16(7-9-17)18(14-15-4-2-3-5-15)19(31)26-21-28-27-20(34-21)22(23,24)25/h6-9,15,18H,2-5,10-14H2,1H3,(H,26,28,31)/t18-/m1/s1. The highest BCUT2D eigenvalue weighted by Gasteiger charge is 2.36. The lowest BCUT2D eigenvalue weighted by atomic mass is 9.87. The Morgan fingerprint density at radius 2 is 1.74 bits per heavy atom. The van der Waals surface area contributed by atoms with E-state index in [0.29, 0.717) is 44.1 Å². The maximum Gasteiger partial charge on any atom is 0.445 e. The van der Waals surface area contributed by atoms with Gasteiger partial charge in [-0.05, 0) is 37.1 Å². The number of halogens is 3. The number of carbonyl (C=O) groups is 1. The molecule has 2 fully saturated rings. The van der Waals surface area contributed by atoms with Gasteiger partial charge in [0.05, 0.1) is 10.8 Å². The fraction of sp³-hybridized carbons (Fsp3) is 0.591. The monoisotopic (exact) mass is 531 g/mol. The first-order chi connectivity index (χ1) is 16.5. The molecule has 1 amide bonds. The third-order valence-electron chi connectivity index (χ3n) is 6.64. The zero-order chi connectivity index (χ0) is 25.2. The predicted molar refractivity (Wildman–Crippen MR) is 126 cm³/mol. The van der Waals surface area contributed by atoms with E-state index in [4.69, 9.17) is 0 Å². The van der Waals surface area contributed by atoms with Gasteiger partial charge < -0.3 is 4.90 Å². The molecule has 0 bridgehead atoms. The van der Waals surface area contributed by atoms with E-state index < -0.39 is 33.0 Å². The summed E-state index contributed by atoms with van der Waals surface area (Å²) in [4.78, 5) is 15.4. The van der Waals surface area contributed by atoms with Gasteiger partial charge in [-0.25, -0.2) is 8.42 Å². The summed E-state index contributed by atoms with van der Waals surface area (Å²) in [7, 11) is -1.70. The van der Waals surface area contributed by atoms with Gasteiger partial charge in [0.1, 0.15) is 0 Å². The van der Waals surface area contributed by atoms with Crippen LogP contribution in [-0.2, 0) is 21.0 Å². The van der Waals surface area contributed by atoms with Gasteiger partial charge in [0.25, 0.3) is 0 Å². The van der Waals surface area contributed by atoms with Crippen LogP contribution in [0, 0.1) is 5.92 Å². The molecule has 1 aliphatic heterocycles. The van der Waals surface area contributed by atoms with Crippen LogP contribution in [0.5, 0.6) is 0 Å². The summed E-state index contributed by atoms with van der Waals surface area (Å²) >= 11 is 0.278. The summed E-state index contributed by atoms with van der Waals surface area (Å²) in [6, 6.07) is 6.27. The number of anilines is 1. The molecule has 1 aliphatic carbocycles. The van der Waals surface area contributed by atoms with Crippen molar-refractivity contribution in [2.75, 3.05) is 38.5 Å². The van der Waals surface area contributed by atoms with Crippen LogP contribution in [0.4, 0.5) is 18.3 Å². The summed E-state index contributed by atoms with van der Waals surface area (Å²) < 4.78 is 66.1. The summed E-state index contributed by atoms with van der Waals surface area (Å²) in [6.07, 6.45) is 0.0166. The minimum absolute atomic E-state index is 0.157. The second-order valence-corrected chi connectivity index (χ2v) is 12.0. The minimum atomic E-state index is -4.63. The average molecular weight is 532 g/mol. The normalized spacial score (nSPS) is 19.7. The lowest BCUT2D eigenvalue weighted by Crippen LogP contribution is -2.47. The van der Waals surface area contributed by atoms with Crippen molar-refractivity contribution in [1.29, 1.82) is 0 Å². The van der Waals surface area contributed by atoms with Gasteiger partial charge in [-0.3, -0.25) is 10.1 Å². The van der Waals surface area contributed by atoms with Crippen molar-refractivity contribution in [2.24, 2.45) is 5.92 Å². The molecule has 1 aromatic carbocycles. The fourth-order valence-electron chi connectivity index (χ4n) is 4.60. The first-order valence-electron chi connectivity index (χ1n) is 11.5. The van der Waals surface area contributed by atoms with Crippen LogP contribution < -0.4 is 5.32 Å². The van der Waals surface area contributed by atoms with Crippen LogP contribution in [0.1, 0.15) is 48.6 Å². The average Bonchev–Trinajstić information content (AvgIpc) is 3.50. The third kappa shape index (κ3) is 6.19. The molecule has 8 nitrogen and oxygen atoms in total. The second kappa shape index (κ2) is 10.5. The van der Waals surface area contributed by atoms with Crippen LogP contribution in [-0.4, -0.2) is 67.0 Å². The maximum atomic E-state index is 13.1. The van der Waals surface area contributed by atoms with E-state index >= 15 is 0 Å². The quantitative estimate of drug-likeness (QED) is 0.584. The largest absolute Gasteiger partial charge is 0.445 e. The molecule has 4 rings (SSSR count). The Morgan fingerprint density at radius 3 is 2.31 bits per heavy atom. The highest BCUT2D eigenvalue weighted by atomic mass is 32.2. The Balaban J connectivity index is 1.53. The number of aromatic nitrogens is 2. The number of nitrogens with one attached hydrogen (secondary N) is 1. The smallest absolute Gasteiger partial charge is 0.304 e. The second-order valence-electron chi connectivity index (χ2n) is 9.11. The van der Waals surface area contributed by atoms with E-state index in [1.165, 1.54) is 16.4 Å². The summed E-state index contributed by atoms with van der Waals surface area (Å²) in [5, 5.41) is 7.72. The lowest BCUT2D eigenvalue weighted by Gasteiger charge is -2.31. The van der Waals surface area contributed by atoms with E-state index in [-0.39, 0.29) is 21.4 Å². The lowest BCUT2D eigenvalue weighted by molar-refractivity contribution is -0.138. The van der Waals surface area contributed by atoms with Crippen LogP contribution in [0.15, 0.2) is 29.2 Å². The minimum Gasteiger partial charge on any atom is -0.304 e. The Kier molecular flexibility index (Phi) is 7.79. The van der Waals surface area contributed by atoms with Crippen molar-refractivity contribution in [1.82, 2.24) is 19.4 Å². The molecule has 2 aliphatic rings. The van der Waals surface area contributed by atoms with Crippen molar-refractivity contribution in [3.05, 3.63) is 34.8 Å². The molecule has 2 aromatic rings. The van der Waals surface area contributed by atoms with Crippen molar-refractivity contribution >= 4 is 32.4 Å². The summed E-state index contributed by atoms with van der Waals surface area (Å²) in [5.74, 6) is -0.798. The molecule has 0 unspecified atom stereocenters. The van der Waals surface area contributed by atoms with E-state index in [1.54, 1.807) is 12.1 Å². The van der Waals surface area contributed by atoms with Gasteiger partial charge in [0, 0.05) is 26.2 Å². The van der Waals surface area contributed by atoms with Gasteiger partial charge in [-0.1, -0.05) is 49.2 Å². The van der Waals surface area contributed by atoms with Crippen LogP contribution in [0.2, 0.25) is 0 Å². The molecule has 1 aromatic heterocycles. The topological polar surface area (TPSA) is 95.5 Å². The van der Waals surface area contributed by atoms with Gasteiger partial charge in [-0.15, -0.1) is 10.2 Å². The highest BCUT2D eigenvalue weighted by Crippen LogP contribution is 2.37. The summed E-state index contributed by atoms with van der Waals surface area (Å²) in [6.45, 7) is 2.13. The molecular formula is C22H28F3N5O3S2. The third-order valence-corrected chi connectivity index (χ3v) is 9.44. The van der Waals surface area contributed by atoms with Crippen molar-refractivity contribution in [3.63, 3.8) is 0 Å². The SMILES string of the molecule is CN1CCN(S(=O)(=O)c2ccc([C@@H](CC3CCCC3)C(=O)Nc3nnc(C(F)(F)F)s3)cc2)CC1. The van der Waals surface area contributed by atoms with Gasteiger partial charge in [0.15, 0.2) is 0 Å². The molecule has 0 radical (unpaired) electrons. The van der Waals surface area contributed by atoms with Crippen molar-refractivity contribution < 1.29 is 26.4 Å². The maximum absolute atomic E-state index is 13.1. The van der Waals surface area contributed by atoms with E-state index in [9.17, 15) is 26.4 Å². The molecular weight excluding hydrogens is 503 g/mol. The number of alkyl halides is 3. The molecule has 1 N–H and O–H groups in total. The predicted octanol–water partition coefficient (Wildman–Crippen LogP) is 3.80. The first-order valence-corrected chi connectivity index (χ1v) is 13.8. The van der Waals surface area contributed by atoms with Crippen molar-refractivity contribution in [3.8, 4) is 0 Å². The number of sulfonamides is 1. The molecule has 13 heteroatoms. The van der Waals surface area contributed by atoms with E-state index in [1.807, 2.05) is 7.05 Å². The van der Waals surface area contributed by atoms with Crippen LogP contribution in [0.3, 0.4) is 0 Å². The number of nitrogens with zero attached hydrogens (tertiary/aromatic N) is 4. The number of carbonyl (C=O) groups excluding carboxylic acids is 1. The molecule has 192 valence electrons. The fourth-order valence-corrected chi connectivity index (χ4v) is 6.64. The Labute approximate surface area is 206 Å². The molecule has 1 atom stereocenters. The number of benzene rings is 1.